The molecule has 0 unspecified atom stereocenters. The first-order valence-electron chi connectivity index (χ1n) is 8.46. The Morgan fingerprint density at radius 3 is 2.71 bits per heavy atom. The summed E-state index contributed by atoms with van der Waals surface area (Å²) in [4.78, 5) is 25.4. The van der Waals surface area contributed by atoms with E-state index < -0.39 is 24.3 Å². The molecular weight excluding hydrogens is 363 g/mol. The minimum absolute atomic E-state index is 0.00648. The molecule has 1 amide bonds. The summed E-state index contributed by atoms with van der Waals surface area (Å²) in [5.74, 6) is -1.30. The van der Waals surface area contributed by atoms with E-state index in [0.29, 0.717) is 5.75 Å². The number of ether oxygens (including phenoxy) is 2. The Morgan fingerprint density at radius 1 is 1.21 bits per heavy atom. The van der Waals surface area contributed by atoms with E-state index in [-0.39, 0.29) is 18.7 Å². The first-order chi connectivity index (χ1) is 13.5. The van der Waals surface area contributed by atoms with Crippen molar-refractivity contribution in [3.8, 4) is 11.8 Å². The number of nitriles is 1. The minimum atomic E-state index is -0.718. The molecule has 0 atom stereocenters. The Kier molecular flexibility index (Phi) is 7.73. The number of benzene rings is 2. The summed E-state index contributed by atoms with van der Waals surface area (Å²) in [5.41, 5.74) is 0.760. The van der Waals surface area contributed by atoms with Crippen molar-refractivity contribution < 1.29 is 23.5 Å². The predicted octanol–water partition coefficient (Wildman–Crippen LogP) is 3.34. The summed E-state index contributed by atoms with van der Waals surface area (Å²) in [5, 5.41) is 8.76. The first kappa shape index (κ1) is 20.6. The van der Waals surface area contributed by atoms with E-state index in [4.69, 9.17) is 14.7 Å². The minimum Gasteiger partial charge on any atom is -0.497 e. The van der Waals surface area contributed by atoms with E-state index in [2.05, 4.69) is 0 Å². The largest absolute Gasteiger partial charge is 0.497 e. The summed E-state index contributed by atoms with van der Waals surface area (Å²) in [6.45, 7) is -0.575. The molecule has 0 spiro atoms. The van der Waals surface area contributed by atoms with Crippen molar-refractivity contribution in [2.24, 2.45) is 0 Å². The molecule has 0 saturated carbocycles. The summed E-state index contributed by atoms with van der Waals surface area (Å²) in [6.07, 6.45) is 2.73. The van der Waals surface area contributed by atoms with E-state index in [1.807, 2.05) is 6.07 Å². The van der Waals surface area contributed by atoms with Crippen LogP contribution in [0, 0.1) is 17.1 Å². The third kappa shape index (κ3) is 5.95. The van der Waals surface area contributed by atoms with Gasteiger partial charge in [-0.1, -0.05) is 24.3 Å². The number of amides is 1. The number of esters is 1. The fraction of sp³-hybridized carbons (Fsp3) is 0.190. The number of methoxy groups -OCH3 is 1. The first-order valence-corrected chi connectivity index (χ1v) is 8.46. The molecule has 0 aliphatic heterocycles. The number of carbonyl (C=O) groups excluding carboxylic acids is 2. The number of halogens is 1. The lowest BCUT2D eigenvalue weighted by atomic mass is 10.2. The number of anilines is 1. The molecule has 0 fully saturated rings. The molecule has 0 saturated heterocycles. The fourth-order valence-electron chi connectivity index (χ4n) is 2.38. The van der Waals surface area contributed by atoms with Gasteiger partial charge in [0.1, 0.15) is 11.6 Å². The van der Waals surface area contributed by atoms with Gasteiger partial charge in [-0.15, -0.1) is 0 Å². The van der Waals surface area contributed by atoms with Crippen molar-refractivity contribution in [1.82, 2.24) is 0 Å². The average Bonchev–Trinajstić information content (AvgIpc) is 2.72. The second-order valence-electron chi connectivity index (χ2n) is 5.62. The fourth-order valence-corrected chi connectivity index (χ4v) is 2.38. The molecule has 0 N–H and O–H groups in total. The van der Waals surface area contributed by atoms with Crippen molar-refractivity contribution in [2.75, 3.05) is 25.2 Å². The molecule has 0 aliphatic rings. The highest BCUT2D eigenvalue weighted by molar-refractivity contribution is 5.96. The number of nitrogens with zero attached hydrogens (tertiary/aromatic N) is 2. The Balaban J connectivity index is 1.99. The molecule has 6 nitrogen and oxygen atoms in total. The Bertz CT molecular complexity index is 905. The van der Waals surface area contributed by atoms with Crippen LogP contribution in [0.2, 0.25) is 0 Å². The number of carbonyl (C=O) groups is 2. The molecule has 0 radical (unpaired) electrons. The Morgan fingerprint density at radius 2 is 2.00 bits per heavy atom. The quantitative estimate of drug-likeness (QED) is 0.517. The molecular formula is C21H19FN2O4. The smallest absolute Gasteiger partial charge is 0.331 e. The zero-order valence-corrected chi connectivity index (χ0v) is 15.3. The van der Waals surface area contributed by atoms with Gasteiger partial charge in [-0.3, -0.25) is 4.79 Å². The highest BCUT2D eigenvalue weighted by Gasteiger charge is 2.19. The van der Waals surface area contributed by atoms with Crippen LogP contribution in [0.5, 0.6) is 5.75 Å². The van der Waals surface area contributed by atoms with Crippen LogP contribution in [0.15, 0.2) is 54.6 Å². The van der Waals surface area contributed by atoms with Gasteiger partial charge in [0.2, 0.25) is 0 Å². The summed E-state index contributed by atoms with van der Waals surface area (Å²) in [6, 6.07) is 14.7. The van der Waals surface area contributed by atoms with Gasteiger partial charge in [-0.25, -0.2) is 9.18 Å². The lowest BCUT2D eigenvalue weighted by Crippen LogP contribution is -2.36. The maximum absolute atomic E-state index is 14.0. The van der Waals surface area contributed by atoms with Crippen LogP contribution >= 0.6 is 0 Å². The van der Waals surface area contributed by atoms with E-state index in [1.54, 1.807) is 30.3 Å². The van der Waals surface area contributed by atoms with E-state index in [9.17, 15) is 14.0 Å². The van der Waals surface area contributed by atoms with Gasteiger partial charge in [-0.2, -0.15) is 5.26 Å². The average molecular weight is 382 g/mol. The van der Waals surface area contributed by atoms with Gasteiger partial charge >= 0.3 is 5.97 Å². The third-order valence-electron chi connectivity index (χ3n) is 3.74. The lowest BCUT2D eigenvalue weighted by Gasteiger charge is -2.21. The van der Waals surface area contributed by atoms with Crippen LogP contribution in [0.3, 0.4) is 0 Å². The molecule has 2 aromatic rings. The van der Waals surface area contributed by atoms with Crippen molar-refractivity contribution in [2.45, 2.75) is 6.42 Å². The molecule has 0 heterocycles. The number of para-hydroxylation sites is 1. The molecule has 0 bridgehead atoms. The van der Waals surface area contributed by atoms with Crippen LogP contribution in [-0.2, 0) is 14.3 Å². The van der Waals surface area contributed by atoms with Gasteiger partial charge in [0.15, 0.2) is 6.61 Å². The molecule has 7 heteroatoms. The topological polar surface area (TPSA) is 79.6 Å². The highest BCUT2D eigenvalue weighted by atomic mass is 19.1. The lowest BCUT2D eigenvalue weighted by molar-refractivity contribution is -0.142. The van der Waals surface area contributed by atoms with Gasteiger partial charge in [0.25, 0.3) is 5.91 Å². The second kappa shape index (κ2) is 10.5. The molecule has 2 rings (SSSR count). The summed E-state index contributed by atoms with van der Waals surface area (Å²) in [7, 11) is 1.54. The van der Waals surface area contributed by atoms with Crippen molar-refractivity contribution in [1.29, 1.82) is 5.26 Å². The highest BCUT2D eigenvalue weighted by Crippen LogP contribution is 2.19. The monoisotopic (exact) mass is 382 g/mol. The number of hydrogen-bond donors (Lipinski definition) is 0. The Labute approximate surface area is 162 Å². The molecule has 2 aromatic carbocycles. The summed E-state index contributed by atoms with van der Waals surface area (Å²) >= 11 is 0. The SMILES string of the molecule is COc1cccc(/C=C/C(=O)OCC(=O)N(CCC#N)c2ccccc2F)c1. The Hall–Kier alpha value is -3.66. The summed E-state index contributed by atoms with van der Waals surface area (Å²) < 4.78 is 24.0. The number of hydrogen-bond acceptors (Lipinski definition) is 5. The normalized spacial score (nSPS) is 10.3. The second-order valence-corrected chi connectivity index (χ2v) is 5.62. The van der Waals surface area contributed by atoms with Crippen LogP contribution in [0.25, 0.3) is 6.08 Å². The van der Waals surface area contributed by atoms with Crippen LogP contribution in [0.4, 0.5) is 10.1 Å². The zero-order chi connectivity index (χ0) is 20.4. The van der Waals surface area contributed by atoms with E-state index in [0.717, 1.165) is 10.5 Å². The molecule has 144 valence electrons. The van der Waals surface area contributed by atoms with Crippen molar-refractivity contribution >= 4 is 23.6 Å². The maximum atomic E-state index is 14.0. The zero-order valence-electron chi connectivity index (χ0n) is 15.3. The van der Waals surface area contributed by atoms with Gasteiger partial charge in [0.05, 0.1) is 25.3 Å². The standard InChI is InChI=1S/C21H19FN2O4/c1-27-17-7-4-6-16(14-17)10-11-21(26)28-15-20(25)24(13-5-12-23)19-9-3-2-8-18(19)22/h2-4,6-11,14H,5,13,15H2,1H3/b11-10+. The molecule has 28 heavy (non-hydrogen) atoms. The van der Waals surface area contributed by atoms with Crippen molar-refractivity contribution in [3.63, 3.8) is 0 Å². The van der Waals surface area contributed by atoms with Gasteiger partial charge < -0.3 is 14.4 Å². The van der Waals surface area contributed by atoms with E-state index in [1.165, 1.54) is 37.5 Å². The van der Waals surface area contributed by atoms with E-state index >= 15 is 0 Å². The predicted molar refractivity (Wildman–Crippen MR) is 102 cm³/mol. The molecule has 0 aliphatic carbocycles. The van der Waals surface area contributed by atoms with Crippen LogP contribution in [0.1, 0.15) is 12.0 Å². The maximum Gasteiger partial charge on any atom is 0.331 e. The van der Waals surface area contributed by atoms with Crippen molar-refractivity contribution in [3.05, 3.63) is 66.0 Å². The van der Waals surface area contributed by atoms with Gasteiger partial charge in [-0.05, 0) is 35.9 Å². The molecule has 0 aromatic heterocycles. The van der Waals surface area contributed by atoms with Gasteiger partial charge in [0, 0.05) is 12.6 Å². The number of rotatable bonds is 8. The van der Waals surface area contributed by atoms with Crippen LogP contribution < -0.4 is 9.64 Å². The van der Waals surface area contributed by atoms with Crippen LogP contribution in [-0.4, -0.2) is 32.1 Å². The third-order valence-corrected chi connectivity index (χ3v) is 3.74.